The number of hydrogen-bond acceptors (Lipinski definition) is 7. The van der Waals surface area contributed by atoms with Gasteiger partial charge in [0.25, 0.3) is 0 Å². The number of pyridine rings is 2. The Hall–Kier alpha value is -2.49. The monoisotopic (exact) mass is 463 g/mol. The number of rotatable bonds is 5. The number of anilines is 2. The first kappa shape index (κ1) is 21.7. The third kappa shape index (κ3) is 4.17. The molecule has 0 saturated carbocycles. The smallest absolute Gasteiger partial charge is 0.156 e. The predicted molar refractivity (Wildman–Crippen MR) is 121 cm³/mol. The number of nitrogens with zero attached hydrogens (tertiary/aromatic N) is 3. The third-order valence-electron chi connectivity index (χ3n) is 5.19. The number of alkyl halides is 1. The molecule has 2 aromatic heterocycles. The van der Waals surface area contributed by atoms with Crippen LogP contribution in [0.2, 0.25) is 5.02 Å². The zero-order valence-corrected chi connectivity index (χ0v) is 18.1. The standard InChI is InChI=1S/C21H20ClF2N5OS/c1-20(11-30)9-21(10-23,29-19(25)31-20)15-7-14(2-3-16(15)24)28-18-17-12(4-5-26-18)6-13(22)8-27-17/h2-8,30H,9-11H2,1H3,(H2,25,29)(H,26,28)/t20-,21-/m1/s1. The lowest BCUT2D eigenvalue weighted by Crippen LogP contribution is -2.45. The molecule has 1 aromatic carbocycles. The minimum atomic E-state index is -1.54. The number of thioether (sulfide) groups is 1. The van der Waals surface area contributed by atoms with Crippen molar-refractivity contribution in [3.8, 4) is 0 Å². The van der Waals surface area contributed by atoms with Gasteiger partial charge in [0, 0.05) is 33.8 Å². The van der Waals surface area contributed by atoms with Crippen molar-refractivity contribution >= 4 is 50.9 Å². The summed E-state index contributed by atoms with van der Waals surface area (Å²) in [7, 11) is 0. The maximum absolute atomic E-state index is 14.9. The zero-order chi connectivity index (χ0) is 22.2. The second kappa shape index (κ2) is 8.22. The minimum Gasteiger partial charge on any atom is -0.395 e. The van der Waals surface area contributed by atoms with Gasteiger partial charge in [-0.05, 0) is 43.7 Å². The molecule has 0 unspecified atom stereocenters. The van der Waals surface area contributed by atoms with Gasteiger partial charge in [0.15, 0.2) is 11.0 Å². The molecule has 2 atom stereocenters. The molecule has 162 valence electrons. The molecule has 0 bridgehead atoms. The van der Waals surface area contributed by atoms with E-state index in [1.165, 1.54) is 24.4 Å². The molecule has 0 saturated heterocycles. The van der Waals surface area contributed by atoms with Crippen LogP contribution in [0.4, 0.5) is 20.3 Å². The van der Waals surface area contributed by atoms with Gasteiger partial charge in [-0.3, -0.25) is 4.98 Å². The predicted octanol–water partition coefficient (Wildman–Crippen LogP) is 4.53. The fourth-order valence-corrected chi connectivity index (χ4v) is 5.06. The lowest BCUT2D eigenvalue weighted by atomic mass is 9.82. The maximum atomic E-state index is 14.9. The second-order valence-corrected chi connectivity index (χ2v) is 9.75. The Morgan fingerprint density at radius 1 is 1.29 bits per heavy atom. The van der Waals surface area contributed by atoms with Gasteiger partial charge in [0.1, 0.15) is 23.5 Å². The SMILES string of the molecule is C[C@]1(CO)C[C@@](CF)(c2cc(Nc3nccc4cc(Cl)cnc34)ccc2F)N=C(N)S1. The minimum absolute atomic E-state index is 0.0548. The molecule has 0 radical (unpaired) electrons. The average Bonchev–Trinajstić information content (AvgIpc) is 2.74. The molecule has 1 aliphatic heterocycles. The van der Waals surface area contributed by atoms with Gasteiger partial charge in [-0.2, -0.15) is 0 Å². The van der Waals surface area contributed by atoms with Crippen LogP contribution >= 0.6 is 23.4 Å². The van der Waals surface area contributed by atoms with Crippen molar-refractivity contribution in [2.45, 2.75) is 23.6 Å². The molecule has 4 N–H and O–H groups in total. The fraction of sp³-hybridized carbons (Fsp3) is 0.286. The first-order valence-corrected chi connectivity index (χ1v) is 10.7. The molecule has 1 aliphatic rings. The number of nitrogens with one attached hydrogen (secondary N) is 1. The van der Waals surface area contributed by atoms with Gasteiger partial charge in [0.2, 0.25) is 0 Å². The van der Waals surface area contributed by atoms with Crippen LogP contribution in [0.25, 0.3) is 10.9 Å². The van der Waals surface area contributed by atoms with Gasteiger partial charge < -0.3 is 16.2 Å². The highest BCUT2D eigenvalue weighted by Gasteiger charge is 2.46. The highest BCUT2D eigenvalue weighted by molar-refractivity contribution is 8.15. The van der Waals surface area contributed by atoms with Crippen molar-refractivity contribution in [3.05, 3.63) is 59.1 Å². The summed E-state index contributed by atoms with van der Waals surface area (Å²) in [5.41, 5.74) is 5.52. The van der Waals surface area contributed by atoms with E-state index >= 15 is 0 Å². The molecule has 10 heteroatoms. The van der Waals surface area contributed by atoms with Crippen LogP contribution < -0.4 is 11.1 Å². The first-order valence-electron chi connectivity index (χ1n) is 9.46. The van der Waals surface area contributed by atoms with Crippen molar-refractivity contribution in [1.29, 1.82) is 0 Å². The van der Waals surface area contributed by atoms with Crippen molar-refractivity contribution in [3.63, 3.8) is 0 Å². The number of nitrogens with two attached hydrogens (primary N) is 1. The topological polar surface area (TPSA) is 96.4 Å². The van der Waals surface area contributed by atoms with Gasteiger partial charge in [0.05, 0.1) is 11.6 Å². The molecule has 3 heterocycles. The van der Waals surface area contributed by atoms with Crippen LogP contribution in [0.5, 0.6) is 0 Å². The fourth-order valence-electron chi connectivity index (χ4n) is 3.79. The summed E-state index contributed by atoms with van der Waals surface area (Å²) in [5.74, 6) is -0.161. The molecular formula is C21H20ClF2N5OS. The first-order chi connectivity index (χ1) is 14.8. The number of fused-ring (bicyclic) bond motifs is 1. The molecule has 3 aromatic rings. The summed E-state index contributed by atoms with van der Waals surface area (Å²) in [6.45, 7) is 0.542. The number of halogens is 3. The maximum Gasteiger partial charge on any atom is 0.156 e. The van der Waals surface area contributed by atoms with Crippen molar-refractivity contribution < 1.29 is 13.9 Å². The van der Waals surface area contributed by atoms with Crippen LogP contribution in [-0.2, 0) is 5.54 Å². The van der Waals surface area contributed by atoms with E-state index < -0.39 is 22.8 Å². The van der Waals surface area contributed by atoms with Crippen LogP contribution in [0, 0.1) is 5.82 Å². The highest BCUT2D eigenvalue weighted by Crippen LogP contribution is 2.46. The largest absolute Gasteiger partial charge is 0.395 e. The van der Waals surface area contributed by atoms with E-state index in [0.717, 1.165) is 17.1 Å². The van der Waals surface area contributed by atoms with Crippen molar-refractivity contribution in [1.82, 2.24) is 9.97 Å². The Kier molecular flexibility index (Phi) is 5.76. The lowest BCUT2D eigenvalue weighted by Gasteiger charge is -2.40. The molecule has 6 nitrogen and oxygen atoms in total. The number of aliphatic hydroxyl groups is 1. The van der Waals surface area contributed by atoms with E-state index in [1.54, 1.807) is 25.3 Å². The Labute approximate surface area is 186 Å². The number of amidine groups is 1. The van der Waals surface area contributed by atoms with Crippen molar-refractivity contribution in [2.75, 3.05) is 18.6 Å². The van der Waals surface area contributed by atoms with Crippen LogP contribution in [-0.4, -0.2) is 38.3 Å². The van der Waals surface area contributed by atoms with E-state index in [4.69, 9.17) is 17.3 Å². The van der Waals surface area contributed by atoms with Crippen molar-refractivity contribution in [2.24, 2.45) is 10.7 Å². The number of aliphatic imine (C=N–C) groups is 1. The van der Waals surface area contributed by atoms with Crippen LogP contribution in [0.1, 0.15) is 18.9 Å². The Morgan fingerprint density at radius 2 is 2.10 bits per heavy atom. The Morgan fingerprint density at radius 3 is 2.84 bits per heavy atom. The average molecular weight is 464 g/mol. The van der Waals surface area contributed by atoms with Gasteiger partial charge in [-0.25, -0.2) is 18.8 Å². The number of aromatic nitrogens is 2. The molecule has 4 rings (SSSR count). The van der Waals surface area contributed by atoms with E-state index in [-0.39, 0.29) is 23.8 Å². The Balaban J connectivity index is 1.77. The zero-order valence-electron chi connectivity index (χ0n) is 16.6. The summed E-state index contributed by atoms with van der Waals surface area (Å²) in [6, 6.07) is 7.81. The molecule has 0 fully saturated rings. The number of aliphatic hydroxyl groups excluding tert-OH is 1. The molecule has 0 aliphatic carbocycles. The summed E-state index contributed by atoms with van der Waals surface area (Å²) in [4.78, 5) is 12.9. The Bertz CT molecular complexity index is 1180. The summed E-state index contributed by atoms with van der Waals surface area (Å²) in [6.07, 6.45) is 3.20. The molecule has 31 heavy (non-hydrogen) atoms. The molecular weight excluding hydrogens is 444 g/mol. The van der Waals surface area contributed by atoms with E-state index in [1.807, 2.05) is 0 Å². The summed E-state index contributed by atoms with van der Waals surface area (Å²) >= 11 is 7.17. The quantitative estimate of drug-likeness (QED) is 0.514. The molecule has 0 spiro atoms. The van der Waals surface area contributed by atoms with Gasteiger partial charge in [-0.1, -0.05) is 23.4 Å². The third-order valence-corrected chi connectivity index (χ3v) is 6.47. The normalized spacial score (nSPS) is 23.6. The summed E-state index contributed by atoms with van der Waals surface area (Å²) < 4.78 is 28.5. The number of hydrogen-bond donors (Lipinski definition) is 3. The van der Waals surface area contributed by atoms with Gasteiger partial charge >= 0.3 is 0 Å². The molecule has 0 amide bonds. The highest BCUT2D eigenvalue weighted by atomic mass is 35.5. The van der Waals surface area contributed by atoms with E-state index in [0.29, 0.717) is 22.0 Å². The van der Waals surface area contributed by atoms with Gasteiger partial charge in [-0.15, -0.1) is 0 Å². The lowest BCUT2D eigenvalue weighted by molar-refractivity contribution is 0.199. The van der Waals surface area contributed by atoms with Crippen LogP contribution in [0.15, 0.2) is 47.7 Å². The van der Waals surface area contributed by atoms with E-state index in [2.05, 4.69) is 20.3 Å². The van der Waals surface area contributed by atoms with E-state index in [9.17, 15) is 13.9 Å². The van der Waals surface area contributed by atoms with Crippen LogP contribution in [0.3, 0.4) is 0 Å². The summed E-state index contributed by atoms with van der Waals surface area (Å²) in [5, 5.41) is 14.3. The number of benzene rings is 1. The second-order valence-electron chi connectivity index (χ2n) is 7.71.